The highest BCUT2D eigenvalue weighted by Gasteiger charge is 2.22. The molecule has 3 amide bonds. The Morgan fingerprint density at radius 1 is 0.919 bits per heavy atom. The fourth-order valence-corrected chi connectivity index (χ4v) is 3.97. The van der Waals surface area contributed by atoms with Crippen LogP contribution in [0.3, 0.4) is 0 Å². The molecule has 2 aromatic carbocycles. The number of nitrogens with one attached hydrogen (secondary N) is 2. The number of carbonyl (C=O) groups is 2. The van der Waals surface area contributed by atoms with Crippen LogP contribution in [0.5, 0.6) is 17.2 Å². The minimum Gasteiger partial charge on any atom is -0.495 e. The molecule has 0 unspecified atom stereocenters. The third-order valence-corrected chi connectivity index (χ3v) is 5.87. The molecule has 0 aliphatic heterocycles. The SMILES string of the molecule is CCc1nc2ccc(C(=O)Nc3ccc(OC)c(OC)c3)cn2c1N(C)C(=O)Nc1ccccc1OC. The van der Waals surface area contributed by atoms with E-state index < -0.39 is 0 Å². The van der Waals surface area contributed by atoms with E-state index in [9.17, 15) is 9.59 Å². The second-order valence-electron chi connectivity index (χ2n) is 8.09. The summed E-state index contributed by atoms with van der Waals surface area (Å²) in [6.07, 6.45) is 2.26. The average Bonchev–Trinajstić information content (AvgIpc) is 3.30. The van der Waals surface area contributed by atoms with Crippen LogP contribution in [0.15, 0.2) is 60.8 Å². The van der Waals surface area contributed by atoms with Gasteiger partial charge in [0, 0.05) is 25.0 Å². The van der Waals surface area contributed by atoms with E-state index in [-0.39, 0.29) is 11.9 Å². The summed E-state index contributed by atoms with van der Waals surface area (Å²) in [5, 5.41) is 5.75. The Morgan fingerprint density at radius 2 is 1.65 bits per heavy atom. The second-order valence-corrected chi connectivity index (χ2v) is 8.09. The second kappa shape index (κ2) is 10.9. The first-order valence-corrected chi connectivity index (χ1v) is 11.6. The Labute approximate surface area is 214 Å². The highest BCUT2D eigenvalue weighted by atomic mass is 16.5. The zero-order valence-electron chi connectivity index (χ0n) is 21.4. The maximum absolute atomic E-state index is 13.2. The summed E-state index contributed by atoms with van der Waals surface area (Å²) in [5.74, 6) is 1.85. The van der Waals surface area contributed by atoms with E-state index in [0.29, 0.717) is 52.1 Å². The molecule has 2 N–H and O–H groups in total. The number of hydrogen-bond acceptors (Lipinski definition) is 6. The number of rotatable bonds is 8. The topological polar surface area (TPSA) is 106 Å². The van der Waals surface area contributed by atoms with E-state index >= 15 is 0 Å². The largest absolute Gasteiger partial charge is 0.495 e. The molecule has 0 aliphatic carbocycles. The molecule has 0 spiro atoms. The first-order chi connectivity index (χ1) is 17.9. The van der Waals surface area contributed by atoms with Gasteiger partial charge in [-0.25, -0.2) is 9.78 Å². The standard InChI is InChI=1S/C27H29N5O5/c1-6-19-26(31(2)27(34)30-20-9-7-8-10-21(20)35-3)32-16-17(11-14-24(32)29-19)25(33)28-18-12-13-22(36-4)23(15-18)37-5/h7-16H,6H2,1-5H3,(H,28,33)(H,30,34). The van der Waals surface area contributed by atoms with Crippen LogP contribution in [0.2, 0.25) is 0 Å². The van der Waals surface area contributed by atoms with Crippen LogP contribution in [-0.2, 0) is 6.42 Å². The molecule has 2 aromatic heterocycles. The van der Waals surface area contributed by atoms with E-state index in [1.165, 1.54) is 12.0 Å². The van der Waals surface area contributed by atoms with Crippen LogP contribution in [0.1, 0.15) is 23.0 Å². The highest BCUT2D eigenvalue weighted by molar-refractivity contribution is 6.05. The maximum Gasteiger partial charge on any atom is 0.327 e. The number of anilines is 3. The number of fused-ring (bicyclic) bond motifs is 1. The number of ether oxygens (including phenoxy) is 3. The van der Waals surface area contributed by atoms with Gasteiger partial charge in [-0.2, -0.15) is 0 Å². The van der Waals surface area contributed by atoms with Crippen LogP contribution in [0, 0.1) is 0 Å². The average molecular weight is 504 g/mol. The zero-order valence-corrected chi connectivity index (χ0v) is 21.4. The van der Waals surface area contributed by atoms with Gasteiger partial charge >= 0.3 is 6.03 Å². The van der Waals surface area contributed by atoms with Crippen molar-refractivity contribution in [2.75, 3.05) is 43.9 Å². The van der Waals surface area contributed by atoms with Gasteiger partial charge in [0.2, 0.25) is 0 Å². The van der Waals surface area contributed by atoms with Crippen molar-refractivity contribution >= 4 is 34.8 Å². The van der Waals surface area contributed by atoms with E-state index in [4.69, 9.17) is 14.2 Å². The van der Waals surface area contributed by atoms with E-state index in [0.717, 1.165) is 5.69 Å². The molecule has 4 rings (SSSR count). The molecule has 0 radical (unpaired) electrons. The Hall–Kier alpha value is -4.73. The third-order valence-electron chi connectivity index (χ3n) is 5.87. The van der Waals surface area contributed by atoms with Crippen molar-refractivity contribution in [2.24, 2.45) is 0 Å². The van der Waals surface area contributed by atoms with Crippen molar-refractivity contribution in [1.29, 1.82) is 0 Å². The van der Waals surface area contributed by atoms with Crippen LogP contribution < -0.4 is 29.7 Å². The lowest BCUT2D eigenvalue weighted by Crippen LogP contribution is -2.33. The van der Waals surface area contributed by atoms with Gasteiger partial charge in [0.25, 0.3) is 5.91 Å². The molecule has 192 valence electrons. The van der Waals surface area contributed by atoms with Gasteiger partial charge in [-0.15, -0.1) is 0 Å². The molecular weight excluding hydrogens is 474 g/mol. The number of aryl methyl sites for hydroxylation is 1. The summed E-state index contributed by atoms with van der Waals surface area (Å²) in [6, 6.07) is 15.4. The molecule has 0 bridgehead atoms. The fourth-order valence-electron chi connectivity index (χ4n) is 3.97. The lowest BCUT2D eigenvalue weighted by atomic mass is 10.2. The Kier molecular flexibility index (Phi) is 7.47. The summed E-state index contributed by atoms with van der Waals surface area (Å²) in [5.41, 5.74) is 2.82. The number of amides is 3. The monoisotopic (exact) mass is 503 g/mol. The Balaban J connectivity index is 1.64. The van der Waals surface area contributed by atoms with Crippen LogP contribution in [0.4, 0.5) is 22.0 Å². The lowest BCUT2D eigenvalue weighted by Gasteiger charge is -2.20. The normalized spacial score (nSPS) is 10.6. The van der Waals surface area contributed by atoms with Crippen molar-refractivity contribution in [1.82, 2.24) is 9.38 Å². The third kappa shape index (κ3) is 5.13. The minimum atomic E-state index is -0.374. The van der Waals surface area contributed by atoms with E-state index in [1.54, 1.807) is 74.3 Å². The number of aromatic nitrogens is 2. The molecular formula is C27H29N5O5. The zero-order chi connectivity index (χ0) is 26.5. The molecule has 37 heavy (non-hydrogen) atoms. The maximum atomic E-state index is 13.2. The molecule has 10 heteroatoms. The number of carbonyl (C=O) groups excluding carboxylic acids is 2. The number of para-hydroxylation sites is 2. The Morgan fingerprint density at radius 3 is 2.35 bits per heavy atom. The van der Waals surface area contributed by atoms with Gasteiger partial charge in [0.1, 0.15) is 17.2 Å². The lowest BCUT2D eigenvalue weighted by molar-refractivity contribution is 0.102. The molecule has 10 nitrogen and oxygen atoms in total. The molecule has 2 heterocycles. The number of methoxy groups -OCH3 is 3. The number of pyridine rings is 1. The molecule has 0 fully saturated rings. The summed E-state index contributed by atoms with van der Waals surface area (Å²) < 4.78 is 17.7. The first kappa shape index (κ1) is 25.4. The Bertz CT molecular complexity index is 1450. The molecule has 0 aliphatic rings. The molecule has 0 saturated heterocycles. The predicted octanol–water partition coefficient (Wildman–Crippen LogP) is 4.84. The number of urea groups is 1. The number of benzene rings is 2. The van der Waals surface area contributed by atoms with Gasteiger partial charge in [0.15, 0.2) is 11.5 Å². The smallest absolute Gasteiger partial charge is 0.327 e. The van der Waals surface area contributed by atoms with E-state index in [1.807, 2.05) is 19.1 Å². The van der Waals surface area contributed by atoms with Crippen molar-refractivity contribution < 1.29 is 23.8 Å². The summed E-state index contributed by atoms with van der Waals surface area (Å²) >= 11 is 0. The van der Waals surface area contributed by atoms with Crippen molar-refractivity contribution in [3.63, 3.8) is 0 Å². The first-order valence-electron chi connectivity index (χ1n) is 11.6. The van der Waals surface area contributed by atoms with Gasteiger partial charge in [-0.3, -0.25) is 14.1 Å². The summed E-state index contributed by atoms with van der Waals surface area (Å²) in [4.78, 5) is 32.4. The predicted molar refractivity (Wildman–Crippen MR) is 142 cm³/mol. The van der Waals surface area contributed by atoms with Crippen LogP contribution >= 0.6 is 0 Å². The van der Waals surface area contributed by atoms with Gasteiger partial charge in [-0.05, 0) is 42.8 Å². The summed E-state index contributed by atoms with van der Waals surface area (Å²) in [7, 11) is 6.28. The fraction of sp³-hybridized carbons (Fsp3) is 0.222. The van der Waals surface area contributed by atoms with Crippen molar-refractivity contribution in [3.05, 3.63) is 72.1 Å². The number of nitrogens with zero attached hydrogens (tertiary/aromatic N) is 3. The molecule has 0 saturated carbocycles. The van der Waals surface area contributed by atoms with Crippen molar-refractivity contribution in [3.8, 4) is 17.2 Å². The molecule has 4 aromatic rings. The number of hydrogen-bond donors (Lipinski definition) is 2. The van der Waals surface area contributed by atoms with Crippen molar-refractivity contribution in [2.45, 2.75) is 13.3 Å². The van der Waals surface area contributed by atoms with Crippen LogP contribution in [0.25, 0.3) is 5.65 Å². The van der Waals surface area contributed by atoms with Gasteiger partial charge in [-0.1, -0.05) is 19.1 Å². The quantitative estimate of drug-likeness (QED) is 0.356. The van der Waals surface area contributed by atoms with E-state index in [2.05, 4.69) is 15.6 Å². The van der Waals surface area contributed by atoms with Crippen LogP contribution in [-0.4, -0.2) is 49.7 Å². The number of imidazole rings is 1. The van der Waals surface area contributed by atoms with Gasteiger partial charge < -0.3 is 24.8 Å². The molecule has 0 atom stereocenters. The summed E-state index contributed by atoms with van der Waals surface area (Å²) in [6.45, 7) is 1.96. The minimum absolute atomic E-state index is 0.326. The highest BCUT2D eigenvalue weighted by Crippen LogP contribution is 2.30. The van der Waals surface area contributed by atoms with Gasteiger partial charge in [0.05, 0.1) is 38.3 Å².